The zero-order valence-corrected chi connectivity index (χ0v) is 10.6. The average molecular weight is 273 g/mol. The molecule has 0 unspecified atom stereocenters. The van der Waals surface area contributed by atoms with Crippen LogP contribution in [0.1, 0.15) is 16.7 Å². The highest BCUT2D eigenvalue weighted by Gasteiger charge is 2.03. The van der Waals surface area contributed by atoms with Gasteiger partial charge < -0.3 is 0 Å². The summed E-state index contributed by atoms with van der Waals surface area (Å²) in [6.45, 7) is 3.81. The first-order chi connectivity index (χ1) is 7.81. The zero-order valence-electron chi connectivity index (χ0n) is 8.99. The summed E-state index contributed by atoms with van der Waals surface area (Å²) in [4.78, 5) is 0. The highest BCUT2D eigenvalue weighted by atomic mass is 79.9. The lowest BCUT2D eigenvalue weighted by Gasteiger charge is -2.07. The Kier molecular flexibility index (Phi) is 3.58. The van der Waals surface area contributed by atoms with Crippen LogP contribution in [0, 0.1) is 0 Å². The summed E-state index contributed by atoms with van der Waals surface area (Å²) in [5.41, 5.74) is 3.77. The minimum Gasteiger partial charge on any atom is -0.0984 e. The predicted molar refractivity (Wildman–Crippen MR) is 73.5 cm³/mol. The Balaban J connectivity index is 2.32. The van der Waals surface area contributed by atoms with Crippen LogP contribution < -0.4 is 0 Å². The first-order valence-electron chi connectivity index (χ1n) is 5.25. The van der Waals surface area contributed by atoms with Gasteiger partial charge in [0, 0.05) is 4.47 Å². The Bertz CT molecular complexity index is 486. The lowest BCUT2D eigenvalue weighted by molar-refractivity contribution is 1.18. The molecule has 0 nitrogen and oxygen atoms in total. The van der Waals surface area contributed by atoms with E-state index < -0.39 is 0 Å². The van der Waals surface area contributed by atoms with Gasteiger partial charge in [-0.2, -0.15) is 0 Å². The third-order valence-electron chi connectivity index (χ3n) is 2.57. The molecule has 0 amide bonds. The van der Waals surface area contributed by atoms with Crippen LogP contribution in [-0.4, -0.2) is 0 Å². The van der Waals surface area contributed by atoms with Gasteiger partial charge in [-0.15, -0.1) is 0 Å². The van der Waals surface area contributed by atoms with Crippen molar-refractivity contribution in [2.24, 2.45) is 0 Å². The maximum absolute atomic E-state index is 3.81. The van der Waals surface area contributed by atoms with Gasteiger partial charge in [-0.1, -0.05) is 61.2 Å². The molecule has 0 radical (unpaired) electrons. The first kappa shape index (κ1) is 11.2. The van der Waals surface area contributed by atoms with Crippen LogP contribution in [0.25, 0.3) is 6.08 Å². The highest BCUT2D eigenvalue weighted by molar-refractivity contribution is 9.10. The van der Waals surface area contributed by atoms with E-state index in [0.717, 1.165) is 16.5 Å². The highest BCUT2D eigenvalue weighted by Crippen LogP contribution is 2.24. The van der Waals surface area contributed by atoms with Crippen molar-refractivity contribution in [1.82, 2.24) is 0 Å². The SMILES string of the molecule is C=Cc1cccc(Cc2ccccc2)c1Br. The summed E-state index contributed by atoms with van der Waals surface area (Å²) in [5, 5.41) is 0. The monoisotopic (exact) mass is 272 g/mol. The Hall–Kier alpha value is -1.34. The van der Waals surface area contributed by atoms with Crippen LogP contribution in [0.4, 0.5) is 0 Å². The predicted octanol–water partition coefficient (Wildman–Crippen LogP) is 4.68. The van der Waals surface area contributed by atoms with E-state index in [2.05, 4.69) is 65.0 Å². The quantitative estimate of drug-likeness (QED) is 0.761. The molecule has 0 saturated heterocycles. The third-order valence-corrected chi connectivity index (χ3v) is 3.53. The molecule has 2 aromatic carbocycles. The molecule has 2 aromatic rings. The molecule has 2 rings (SSSR count). The fourth-order valence-corrected chi connectivity index (χ4v) is 2.28. The lowest BCUT2D eigenvalue weighted by Crippen LogP contribution is -1.90. The van der Waals surface area contributed by atoms with Crippen LogP contribution in [-0.2, 0) is 6.42 Å². The van der Waals surface area contributed by atoms with E-state index >= 15 is 0 Å². The van der Waals surface area contributed by atoms with Crippen LogP contribution >= 0.6 is 15.9 Å². The van der Waals surface area contributed by atoms with Crippen LogP contribution in [0.2, 0.25) is 0 Å². The second kappa shape index (κ2) is 5.13. The van der Waals surface area contributed by atoms with E-state index in [-0.39, 0.29) is 0 Å². The summed E-state index contributed by atoms with van der Waals surface area (Å²) in [7, 11) is 0. The van der Waals surface area contributed by atoms with E-state index in [0.29, 0.717) is 0 Å². The summed E-state index contributed by atoms with van der Waals surface area (Å²) < 4.78 is 1.15. The van der Waals surface area contributed by atoms with Gasteiger partial charge >= 0.3 is 0 Å². The Labute approximate surface area is 105 Å². The van der Waals surface area contributed by atoms with Gasteiger partial charge in [0.25, 0.3) is 0 Å². The molecule has 0 heterocycles. The molecule has 0 aromatic heterocycles. The minimum absolute atomic E-state index is 0.948. The number of benzene rings is 2. The van der Waals surface area contributed by atoms with Gasteiger partial charge in [-0.3, -0.25) is 0 Å². The molecule has 0 spiro atoms. The zero-order chi connectivity index (χ0) is 11.4. The average Bonchev–Trinajstić information content (AvgIpc) is 2.33. The molecular formula is C15H13Br. The van der Waals surface area contributed by atoms with Crippen molar-refractivity contribution in [2.45, 2.75) is 6.42 Å². The molecule has 0 bridgehead atoms. The van der Waals surface area contributed by atoms with Crippen molar-refractivity contribution in [3.8, 4) is 0 Å². The van der Waals surface area contributed by atoms with Crippen molar-refractivity contribution in [2.75, 3.05) is 0 Å². The number of rotatable bonds is 3. The van der Waals surface area contributed by atoms with Crippen molar-refractivity contribution >= 4 is 22.0 Å². The lowest BCUT2D eigenvalue weighted by atomic mass is 10.0. The van der Waals surface area contributed by atoms with Crippen molar-refractivity contribution < 1.29 is 0 Å². The molecule has 0 saturated carbocycles. The molecule has 16 heavy (non-hydrogen) atoms. The van der Waals surface area contributed by atoms with Gasteiger partial charge in [-0.05, 0) is 39.0 Å². The van der Waals surface area contributed by atoms with Crippen LogP contribution in [0.3, 0.4) is 0 Å². The minimum atomic E-state index is 0.948. The molecule has 1 heteroatoms. The van der Waals surface area contributed by atoms with Crippen LogP contribution in [0.15, 0.2) is 59.6 Å². The molecule has 0 atom stereocenters. The maximum Gasteiger partial charge on any atom is 0.0282 e. The molecule has 0 aliphatic carbocycles. The van der Waals surface area contributed by atoms with E-state index in [1.807, 2.05) is 12.1 Å². The topological polar surface area (TPSA) is 0 Å². The molecular weight excluding hydrogens is 260 g/mol. The van der Waals surface area contributed by atoms with Crippen molar-refractivity contribution in [1.29, 1.82) is 0 Å². The molecule has 0 fully saturated rings. The Morgan fingerprint density at radius 2 is 1.75 bits per heavy atom. The van der Waals surface area contributed by atoms with Crippen molar-refractivity contribution in [3.63, 3.8) is 0 Å². The maximum atomic E-state index is 3.81. The summed E-state index contributed by atoms with van der Waals surface area (Å²) in [5.74, 6) is 0. The number of hydrogen-bond donors (Lipinski definition) is 0. The van der Waals surface area contributed by atoms with E-state index in [4.69, 9.17) is 0 Å². The van der Waals surface area contributed by atoms with Gasteiger partial charge in [0.15, 0.2) is 0 Å². The summed E-state index contributed by atoms with van der Waals surface area (Å²) in [6.07, 6.45) is 2.82. The smallest absolute Gasteiger partial charge is 0.0282 e. The van der Waals surface area contributed by atoms with E-state index in [1.165, 1.54) is 11.1 Å². The second-order valence-corrected chi connectivity index (χ2v) is 4.48. The molecule has 0 N–H and O–H groups in total. The largest absolute Gasteiger partial charge is 0.0984 e. The fraction of sp³-hybridized carbons (Fsp3) is 0.0667. The Morgan fingerprint density at radius 3 is 2.44 bits per heavy atom. The van der Waals surface area contributed by atoms with Crippen LogP contribution in [0.5, 0.6) is 0 Å². The van der Waals surface area contributed by atoms with E-state index in [9.17, 15) is 0 Å². The van der Waals surface area contributed by atoms with Crippen molar-refractivity contribution in [3.05, 3.63) is 76.3 Å². The van der Waals surface area contributed by atoms with Gasteiger partial charge in [0.1, 0.15) is 0 Å². The Morgan fingerprint density at radius 1 is 1.00 bits per heavy atom. The summed E-state index contributed by atoms with van der Waals surface area (Å²) in [6, 6.07) is 16.7. The molecule has 0 aliphatic heterocycles. The first-order valence-corrected chi connectivity index (χ1v) is 6.04. The summed E-state index contributed by atoms with van der Waals surface area (Å²) >= 11 is 3.63. The normalized spacial score (nSPS) is 10.1. The standard InChI is InChI=1S/C15H13Br/c1-2-13-9-6-10-14(15(13)16)11-12-7-4-3-5-8-12/h2-10H,1,11H2. The van der Waals surface area contributed by atoms with E-state index in [1.54, 1.807) is 0 Å². The number of hydrogen-bond acceptors (Lipinski definition) is 0. The van der Waals surface area contributed by atoms with Gasteiger partial charge in [0.05, 0.1) is 0 Å². The van der Waals surface area contributed by atoms with Gasteiger partial charge in [0.2, 0.25) is 0 Å². The van der Waals surface area contributed by atoms with Gasteiger partial charge in [-0.25, -0.2) is 0 Å². The molecule has 80 valence electrons. The second-order valence-electron chi connectivity index (χ2n) is 3.69. The number of halogens is 1. The third kappa shape index (κ3) is 2.42. The molecule has 0 aliphatic rings. The fourth-order valence-electron chi connectivity index (χ4n) is 1.71.